The number of aromatic hydroxyl groups is 1. The lowest BCUT2D eigenvalue weighted by Gasteiger charge is -2.07. The molecule has 0 atom stereocenters. The van der Waals surface area contributed by atoms with E-state index in [0.29, 0.717) is 10.2 Å². The highest BCUT2D eigenvalue weighted by Gasteiger charge is 2.15. The summed E-state index contributed by atoms with van der Waals surface area (Å²) in [5.74, 6) is -0.454. The van der Waals surface area contributed by atoms with Crippen molar-refractivity contribution in [3.8, 4) is 5.75 Å². The van der Waals surface area contributed by atoms with Crippen LogP contribution in [0.25, 0.3) is 0 Å². The summed E-state index contributed by atoms with van der Waals surface area (Å²) < 4.78 is 6.62. The number of carbonyl (C=O) groups is 1. The van der Waals surface area contributed by atoms with Crippen molar-refractivity contribution in [3.63, 3.8) is 0 Å². The minimum absolute atomic E-state index is 0.00233. The van der Waals surface area contributed by atoms with Gasteiger partial charge >= 0.3 is 5.97 Å². The molecule has 0 amide bonds. The fourth-order valence-electron chi connectivity index (χ4n) is 1.11. The highest BCUT2D eigenvalue weighted by atomic mass is 127. The van der Waals surface area contributed by atoms with Crippen molar-refractivity contribution >= 4 is 51.2 Å². The number of benzene rings is 1. The van der Waals surface area contributed by atoms with E-state index in [1.54, 1.807) is 12.1 Å². The molecule has 0 fully saturated rings. The zero-order valence-electron chi connectivity index (χ0n) is 8.80. The first-order valence-electron chi connectivity index (χ1n) is 4.91. The summed E-state index contributed by atoms with van der Waals surface area (Å²) in [5, 5.41) is 9.74. The van der Waals surface area contributed by atoms with Gasteiger partial charge in [-0.05, 0) is 63.7 Å². The Balaban J connectivity index is 2.82. The molecule has 0 aliphatic rings. The summed E-state index contributed by atoms with van der Waals surface area (Å²) in [5.41, 5.74) is 0.243. The van der Waals surface area contributed by atoms with Gasteiger partial charge < -0.3 is 9.84 Å². The summed E-state index contributed by atoms with van der Waals surface area (Å²) in [6.45, 7) is 2.43. The number of phenolic OH excluding ortho intramolecular Hbond substituents is 1. The van der Waals surface area contributed by atoms with Gasteiger partial charge in [0.2, 0.25) is 0 Å². The van der Waals surface area contributed by atoms with Crippen LogP contribution in [0.4, 0.5) is 0 Å². The molecule has 0 unspecified atom stereocenters. The first kappa shape index (κ1) is 14.0. The number of halogens is 2. The smallest absolute Gasteiger partial charge is 0.341 e. The van der Waals surface area contributed by atoms with E-state index in [1.165, 1.54) is 0 Å². The molecule has 1 aromatic rings. The van der Waals surface area contributed by atoms with E-state index in [0.717, 1.165) is 16.4 Å². The van der Waals surface area contributed by atoms with Crippen molar-refractivity contribution in [2.45, 2.75) is 19.8 Å². The number of hydrogen-bond acceptors (Lipinski definition) is 3. The molecule has 0 saturated heterocycles. The van der Waals surface area contributed by atoms with Crippen molar-refractivity contribution in [1.29, 1.82) is 0 Å². The molecule has 0 aliphatic carbocycles. The van der Waals surface area contributed by atoms with E-state index in [1.807, 2.05) is 29.5 Å². The number of rotatable bonds is 4. The molecule has 16 heavy (non-hydrogen) atoms. The highest BCUT2D eigenvalue weighted by Crippen LogP contribution is 2.27. The van der Waals surface area contributed by atoms with Gasteiger partial charge in [-0.3, -0.25) is 0 Å². The van der Waals surface area contributed by atoms with Gasteiger partial charge in [-0.25, -0.2) is 4.79 Å². The Morgan fingerprint density at radius 1 is 1.44 bits per heavy atom. The maximum Gasteiger partial charge on any atom is 0.341 e. The van der Waals surface area contributed by atoms with Crippen molar-refractivity contribution in [2.24, 2.45) is 0 Å². The van der Waals surface area contributed by atoms with Crippen molar-refractivity contribution in [2.75, 3.05) is 6.61 Å². The van der Waals surface area contributed by atoms with E-state index in [4.69, 9.17) is 4.74 Å². The average Bonchev–Trinajstić information content (AvgIpc) is 2.23. The lowest BCUT2D eigenvalue weighted by Crippen LogP contribution is -2.07. The summed E-state index contributed by atoms with van der Waals surface area (Å²) in [7, 11) is 0. The SMILES string of the molecule is CCCCOC(=O)c1cc(I)cc(I)c1O. The summed E-state index contributed by atoms with van der Waals surface area (Å²) in [6.07, 6.45) is 1.82. The van der Waals surface area contributed by atoms with Crippen molar-refractivity contribution in [3.05, 3.63) is 24.8 Å². The molecule has 1 N–H and O–H groups in total. The lowest BCUT2D eigenvalue weighted by molar-refractivity contribution is 0.0496. The molecule has 0 saturated carbocycles. The maximum absolute atomic E-state index is 11.7. The van der Waals surface area contributed by atoms with Crippen LogP contribution in [-0.4, -0.2) is 17.7 Å². The molecule has 0 aliphatic heterocycles. The highest BCUT2D eigenvalue weighted by molar-refractivity contribution is 14.1. The molecule has 0 aromatic heterocycles. The molecule has 0 bridgehead atoms. The van der Waals surface area contributed by atoms with Crippen LogP contribution in [0.1, 0.15) is 30.1 Å². The summed E-state index contributed by atoms with van der Waals surface area (Å²) >= 11 is 4.09. The zero-order chi connectivity index (χ0) is 12.1. The predicted molar refractivity (Wildman–Crippen MR) is 78.7 cm³/mol. The van der Waals surface area contributed by atoms with E-state index in [2.05, 4.69) is 22.6 Å². The van der Waals surface area contributed by atoms with E-state index in [9.17, 15) is 9.90 Å². The minimum Gasteiger partial charge on any atom is -0.506 e. The van der Waals surface area contributed by atoms with Crippen molar-refractivity contribution in [1.82, 2.24) is 0 Å². The molecule has 0 heterocycles. The first-order chi connectivity index (χ1) is 7.56. The van der Waals surface area contributed by atoms with Gasteiger partial charge in [0, 0.05) is 3.57 Å². The van der Waals surface area contributed by atoms with Crippen LogP contribution in [0, 0.1) is 7.14 Å². The van der Waals surface area contributed by atoms with Crippen LogP contribution in [0.15, 0.2) is 12.1 Å². The maximum atomic E-state index is 11.7. The van der Waals surface area contributed by atoms with Crippen LogP contribution in [0.5, 0.6) is 5.75 Å². The monoisotopic (exact) mass is 446 g/mol. The number of hydrogen-bond donors (Lipinski definition) is 1. The quantitative estimate of drug-likeness (QED) is 0.438. The number of unbranched alkanes of at least 4 members (excludes halogenated alkanes) is 1. The number of esters is 1. The number of ether oxygens (including phenoxy) is 1. The second-order valence-electron chi connectivity index (χ2n) is 3.27. The van der Waals surface area contributed by atoms with E-state index in [-0.39, 0.29) is 11.3 Å². The summed E-state index contributed by atoms with van der Waals surface area (Å²) in [4.78, 5) is 11.7. The van der Waals surface area contributed by atoms with Crippen molar-refractivity contribution < 1.29 is 14.6 Å². The molecule has 1 rings (SSSR count). The lowest BCUT2D eigenvalue weighted by atomic mass is 10.2. The van der Waals surface area contributed by atoms with E-state index >= 15 is 0 Å². The topological polar surface area (TPSA) is 46.5 Å². The molecular formula is C11H12I2O3. The minimum atomic E-state index is -0.456. The van der Waals surface area contributed by atoms with E-state index < -0.39 is 5.97 Å². The standard InChI is InChI=1S/C11H12I2O3/c1-2-3-4-16-11(15)8-5-7(12)6-9(13)10(8)14/h5-6,14H,2-4H2,1H3. The largest absolute Gasteiger partial charge is 0.506 e. The molecule has 88 valence electrons. The molecule has 0 radical (unpaired) electrons. The Hall–Kier alpha value is -0.0500. The normalized spacial score (nSPS) is 10.2. The molecule has 5 heteroatoms. The van der Waals surface area contributed by atoms with Crippen LogP contribution in [-0.2, 0) is 4.74 Å². The summed E-state index contributed by atoms with van der Waals surface area (Å²) in [6, 6.07) is 3.44. The Labute approximate surface area is 122 Å². The Morgan fingerprint density at radius 3 is 2.75 bits per heavy atom. The Kier molecular flexibility index (Phi) is 5.81. The third kappa shape index (κ3) is 3.76. The fourth-order valence-corrected chi connectivity index (χ4v) is 2.95. The molecule has 3 nitrogen and oxygen atoms in total. The third-order valence-electron chi connectivity index (χ3n) is 1.98. The second kappa shape index (κ2) is 6.63. The van der Waals surface area contributed by atoms with Gasteiger partial charge in [0.15, 0.2) is 0 Å². The number of carbonyl (C=O) groups excluding carboxylic acids is 1. The fraction of sp³-hybridized carbons (Fsp3) is 0.364. The number of phenols is 1. The van der Waals surface area contributed by atoms with Crippen LogP contribution in [0.2, 0.25) is 0 Å². The van der Waals surface area contributed by atoms with Gasteiger partial charge in [-0.15, -0.1) is 0 Å². The van der Waals surface area contributed by atoms with Crippen LogP contribution >= 0.6 is 45.2 Å². The zero-order valence-corrected chi connectivity index (χ0v) is 13.1. The second-order valence-corrected chi connectivity index (χ2v) is 5.68. The molecular weight excluding hydrogens is 434 g/mol. The average molecular weight is 446 g/mol. The molecule has 0 spiro atoms. The molecule has 1 aromatic carbocycles. The van der Waals surface area contributed by atoms with Gasteiger partial charge in [0.1, 0.15) is 11.3 Å². The Morgan fingerprint density at radius 2 is 2.12 bits per heavy atom. The van der Waals surface area contributed by atoms with Gasteiger partial charge in [0.05, 0.1) is 10.2 Å². The van der Waals surface area contributed by atoms with Crippen LogP contribution in [0.3, 0.4) is 0 Å². The van der Waals surface area contributed by atoms with Gasteiger partial charge in [-0.2, -0.15) is 0 Å². The first-order valence-corrected chi connectivity index (χ1v) is 7.07. The third-order valence-corrected chi connectivity index (χ3v) is 3.42. The van der Waals surface area contributed by atoms with Gasteiger partial charge in [0.25, 0.3) is 0 Å². The predicted octanol–water partition coefficient (Wildman–Crippen LogP) is 3.56. The Bertz CT molecular complexity index is 391. The van der Waals surface area contributed by atoms with Crippen LogP contribution < -0.4 is 0 Å². The van der Waals surface area contributed by atoms with Gasteiger partial charge in [-0.1, -0.05) is 13.3 Å².